The number of methoxy groups -OCH3 is 1. The van der Waals surface area contributed by atoms with E-state index in [1.54, 1.807) is 18.0 Å². The number of rotatable bonds is 5. The van der Waals surface area contributed by atoms with Crippen molar-refractivity contribution >= 4 is 28.9 Å². The lowest BCUT2D eigenvalue weighted by Crippen LogP contribution is -2.04. The molecule has 1 aromatic carbocycles. The first-order valence-electron chi connectivity index (χ1n) is 6.62. The standard InChI is InChI=1S/C14H15N5O2S/c1-21-9-2-4-10(5-3-9)22-13-11-12(17-14(15)18-13)19(6-7-20)8-16-11/h2-5,8,20H,6-7H2,1H3,(H2,15,17,18). The van der Waals surface area contributed by atoms with Crippen LogP contribution in [0.3, 0.4) is 0 Å². The van der Waals surface area contributed by atoms with Crippen LogP contribution < -0.4 is 10.5 Å². The van der Waals surface area contributed by atoms with Gasteiger partial charge in [-0.2, -0.15) is 4.98 Å². The number of aliphatic hydroxyl groups excluding tert-OH is 1. The smallest absolute Gasteiger partial charge is 0.223 e. The van der Waals surface area contributed by atoms with Gasteiger partial charge in [0.1, 0.15) is 16.3 Å². The van der Waals surface area contributed by atoms with Crippen LogP contribution in [0.2, 0.25) is 0 Å². The molecular formula is C14H15N5O2S. The van der Waals surface area contributed by atoms with Crippen LogP contribution in [0.25, 0.3) is 11.2 Å². The summed E-state index contributed by atoms with van der Waals surface area (Å²) in [6.07, 6.45) is 1.63. The van der Waals surface area contributed by atoms with E-state index in [2.05, 4.69) is 15.0 Å². The van der Waals surface area contributed by atoms with Gasteiger partial charge in [-0.1, -0.05) is 11.8 Å². The number of nitrogens with two attached hydrogens (primary N) is 1. The van der Waals surface area contributed by atoms with E-state index in [1.807, 2.05) is 24.3 Å². The summed E-state index contributed by atoms with van der Waals surface area (Å²) >= 11 is 1.46. The fourth-order valence-electron chi connectivity index (χ4n) is 2.03. The molecule has 0 saturated carbocycles. The topological polar surface area (TPSA) is 99.1 Å². The zero-order valence-corrected chi connectivity index (χ0v) is 12.7. The van der Waals surface area contributed by atoms with Crippen LogP contribution in [-0.4, -0.2) is 38.3 Å². The highest BCUT2D eigenvalue weighted by atomic mass is 32.2. The highest BCUT2D eigenvalue weighted by Gasteiger charge is 2.13. The van der Waals surface area contributed by atoms with Crippen LogP contribution in [-0.2, 0) is 6.54 Å². The van der Waals surface area contributed by atoms with Crippen LogP contribution in [0.4, 0.5) is 5.95 Å². The van der Waals surface area contributed by atoms with E-state index in [0.29, 0.717) is 22.7 Å². The third kappa shape index (κ3) is 2.83. The second kappa shape index (κ2) is 6.20. The molecule has 114 valence electrons. The Morgan fingerprint density at radius 3 is 2.73 bits per heavy atom. The number of fused-ring (bicyclic) bond motifs is 1. The Kier molecular flexibility index (Phi) is 4.12. The Hall–Kier alpha value is -2.32. The summed E-state index contributed by atoms with van der Waals surface area (Å²) in [6.45, 7) is 0.427. The van der Waals surface area contributed by atoms with E-state index in [0.717, 1.165) is 10.6 Å². The van der Waals surface area contributed by atoms with E-state index in [-0.39, 0.29) is 12.6 Å². The van der Waals surface area contributed by atoms with Crippen molar-refractivity contribution in [1.29, 1.82) is 0 Å². The van der Waals surface area contributed by atoms with Crippen molar-refractivity contribution in [3.8, 4) is 5.75 Å². The van der Waals surface area contributed by atoms with Crippen molar-refractivity contribution in [2.45, 2.75) is 16.5 Å². The Labute approximate surface area is 131 Å². The van der Waals surface area contributed by atoms with Crippen molar-refractivity contribution in [2.24, 2.45) is 0 Å². The average Bonchev–Trinajstić information content (AvgIpc) is 2.92. The molecule has 3 aromatic rings. The highest BCUT2D eigenvalue weighted by molar-refractivity contribution is 7.99. The van der Waals surface area contributed by atoms with Gasteiger partial charge in [-0.05, 0) is 24.3 Å². The molecule has 22 heavy (non-hydrogen) atoms. The molecule has 0 unspecified atom stereocenters. The van der Waals surface area contributed by atoms with Gasteiger partial charge in [-0.3, -0.25) is 0 Å². The van der Waals surface area contributed by atoms with Gasteiger partial charge in [0, 0.05) is 11.4 Å². The van der Waals surface area contributed by atoms with Gasteiger partial charge in [-0.25, -0.2) is 9.97 Å². The summed E-state index contributed by atoms with van der Waals surface area (Å²) in [5.74, 6) is 0.979. The van der Waals surface area contributed by atoms with Crippen LogP contribution in [0.5, 0.6) is 5.75 Å². The van der Waals surface area contributed by atoms with Gasteiger partial charge in [0.25, 0.3) is 0 Å². The number of ether oxygens (including phenoxy) is 1. The van der Waals surface area contributed by atoms with Gasteiger partial charge < -0.3 is 20.1 Å². The monoisotopic (exact) mass is 317 g/mol. The van der Waals surface area contributed by atoms with Crippen LogP contribution >= 0.6 is 11.8 Å². The molecule has 2 heterocycles. The number of nitrogens with zero attached hydrogens (tertiary/aromatic N) is 4. The minimum absolute atomic E-state index is 0.0102. The van der Waals surface area contributed by atoms with Crippen LogP contribution in [0, 0.1) is 0 Å². The van der Waals surface area contributed by atoms with Gasteiger partial charge in [-0.15, -0.1) is 0 Å². The zero-order valence-electron chi connectivity index (χ0n) is 11.9. The van der Waals surface area contributed by atoms with Gasteiger partial charge in [0.2, 0.25) is 5.95 Å². The SMILES string of the molecule is COc1ccc(Sc2nc(N)nc3c2ncn3CCO)cc1. The lowest BCUT2D eigenvalue weighted by atomic mass is 10.3. The maximum absolute atomic E-state index is 9.08. The first-order chi connectivity index (χ1) is 10.7. The second-order valence-corrected chi connectivity index (χ2v) is 5.56. The summed E-state index contributed by atoms with van der Waals surface area (Å²) in [5, 5.41) is 9.76. The minimum Gasteiger partial charge on any atom is -0.497 e. The van der Waals surface area contributed by atoms with Gasteiger partial charge in [0.05, 0.1) is 20.0 Å². The molecule has 0 radical (unpaired) electrons. The number of aromatic nitrogens is 4. The third-order valence-electron chi connectivity index (χ3n) is 3.06. The molecule has 0 fully saturated rings. The molecule has 8 heteroatoms. The van der Waals surface area contributed by atoms with Crippen molar-refractivity contribution < 1.29 is 9.84 Å². The van der Waals surface area contributed by atoms with Crippen molar-refractivity contribution in [3.63, 3.8) is 0 Å². The first kappa shape index (κ1) is 14.6. The molecule has 0 saturated heterocycles. The summed E-state index contributed by atoms with van der Waals surface area (Å²) in [4.78, 5) is 13.8. The van der Waals surface area contributed by atoms with Gasteiger partial charge >= 0.3 is 0 Å². The van der Waals surface area contributed by atoms with E-state index >= 15 is 0 Å². The van der Waals surface area contributed by atoms with Crippen molar-refractivity contribution in [1.82, 2.24) is 19.5 Å². The fourth-order valence-corrected chi connectivity index (χ4v) is 2.91. The lowest BCUT2D eigenvalue weighted by molar-refractivity contribution is 0.277. The average molecular weight is 317 g/mol. The molecule has 3 rings (SSSR count). The molecule has 2 aromatic heterocycles. The molecule has 0 aliphatic carbocycles. The zero-order chi connectivity index (χ0) is 15.5. The minimum atomic E-state index is 0.0102. The molecule has 0 spiro atoms. The Morgan fingerprint density at radius 2 is 2.05 bits per heavy atom. The normalized spacial score (nSPS) is 11.0. The van der Waals surface area contributed by atoms with E-state index in [9.17, 15) is 0 Å². The molecule has 0 amide bonds. The number of imidazole rings is 1. The van der Waals surface area contributed by atoms with Crippen LogP contribution in [0.15, 0.2) is 40.5 Å². The third-order valence-corrected chi connectivity index (χ3v) is 4.05. The Balaban J connectivity index is 1.98. The van der Waals surface area contributed by atoms with E-state index in [1.165, 1.54) is 11.8 Å². The van der Waals surface area contributed by atoms with Crippen LogP contribution in [0.1, 0.15) is 0 Å². The molecule has 0 aliphatic rings. The summed E-state index contributed by atoms with van der Waals surface area (Å²) in [5.41, 5.74) is 7.08. The molecule has 0 atom stereocenters. The lowest BCUT2D eigenvalue weighted by Gasteiger charge is -2.05. The molecule has 0 bridgehead atoms. The number of anilines is 1. The Bertz CT molecular complexity index is 788. The van der Waals surface area contributed by atoms with Crippen molar-refractivity contribution in [2.75, 3.05) is 19.5 Å². The Morgan fingerprint density at radius 1 is 1.27 bits per heavy atom. The molecule has 7 nitrogen and oxygen atoms in total. The number of benzene rings is 1. The fraction of sp³-hybridized carbons (Fsp3) is 0.214. The number of hydrogen-bond acceptors (Lipinski definition) is 7. The highest BCUT2D eigenvalue weighted by Crippen LogP contribution is 2.32. The van der Waals surface area contributed by atoms with Gasteiger partial charge in [0.15, 0.2) is 5.65 Å². The number of hydrogen-bond donors (Lipinski definition) is 2. The number of nitrogen functional groups attached to an aromatic ring is 1. The molecule has 0 aliphatic heterocycles. The van der Waals surface area contributed by atoms with Crippen molar-refractivity contribution in [3.05, 3.63) is 30.6 Å². The van der Waals surface area contributed by atoms with E-state index in [4.69, 9.17) is 15.6 Å². The first-order valence-corrected chi connectivity index (χ1v) is 7.44. The maximum Gasteiger partial charge on any atom is 0.223 e. The number of aliphatic hydroxyl groups is 1. The quantitative estimate of drug-likeness (QED) is 0.689. The second-order valence-electron chi connectivity index (χ2n) is 4.50. The largest absolute Gasteiger partial charge is 0.497 e. The molecular weight excluding hydrogens is 302 g/mol. The molecule has 3 N–H and O–H groups in total. The summed E-state index contributed by atoms with van der Waals surface area (Å²) in [7, 11) is 1.63. The summed E-state index contributed by atoms with van der Waals surface area (Å²) < 4.78 is 6.90. The summed E-state index contributed by atoms with van der Waals surface area (Å²) in [6, 6.07) is 7.65. The van der Waals surface area contributed by atoms with E-state index < -0.39 is 0 Å². The predicted molar refractivity (Wildman–Crippen MR) is 83.9 cm³/mol. The maximum atomic E-state index is 9.08. The predicted octanol–water partition coefficient (Wildman–Crippen LogP) is 1.56.